The number of halogens is 1. The van der Waals surface area contributed by atoms with Gasteiger partial charge in [-0.2, -0.15) is 0 Å². The summed E-state index contributed by atoms with van der Waals surface area (Å²) in [5, 5.41) is 12.0. The van der Waals surface area contributed by atoms with Crippen molar-refractivity contribution in [2.75, 3.05) is 5.32 Å². The van der Waals surface area contributed by atoms with Gasteiger partial charge in [0.05, 0.1) is 18.0 Å². The normalized spacial score (nSPS) is 13.1. The average Bonchev–Trinajstić information content (AvgIpc) is 2.54. The molecule has 0 saturated heterocycles. The minimum atomic E-state index is -0.976. The molecule has 2 rings (SSSR count). The number of hydrogen-bond acceptors (Lipinski definition) is 2. The highest BCUT2D eigenvalue weighted by atomic mass is 127. The van der Waals surface area contributed by atoms with Gasteiger partial charge in [-0.15, -0.1) is 0 Å². The third-order valence-electron chi connectivity index (χ3n) is 3.79. The van der Waals surface area contributed by atoms with Crippen molar-refractivity contribution in [1.29, 1.82) is 0 Å². The van der Waals surface area contributed by atoms with Crippen molar-refractivity contribution in [3.8, 4) is 0 Å². The van der Waals surface area contributed by atoms with E-state index in [0.717, 1.165) is 9.13 Å². The van der Waals surface area contributed by atoms with Crippen LogP contribution in [0.1, 0.15) is 24.8 Å². The van der Waals surface area contributed by atoms with E-state index in [1.54, 1.807) is 0 Å². The maximum atomic E-state index is 12.6. The lowest BCUT2D eigenvalue weighted by atomic mass is 9.84. The number of rotatable bonds is 6. The Morgan fingerprint density at radius 3 is 2.30 bits per heavy atom. The summed E-state index contributed by atoms with van der Waals surface area (Å²) in [7, 11) is 0. The molecule has 0 aromatic heterocycles. The third kappa shape index (κ3) is 4.79. The van der Waals surface area contributed by atoms with Gasteiger partial charge >= 0.3 is 5.97 Å². The number of carboxylic acid groups (broad SMARTS) is 1. The van der Waals surface area contributed by atoms with Gasteiger partial charge in [0.15, 0.2) is 0 Å². The molecule has 0 saturated carbocycles. The Balaban J connectivity index is 2.22. The van der Waals surface area contributed by atoms with Crippen LogP contribution < -0.4 is 5.32 Å². The number of nitrogens with one attached hydrogen (secondary N) is 1. The second-order valence-electron chi connectivity index (χ2n) is 5.37. The number of benzene rings is 2. The monoisotopic (exact) mass is 423 g/mol. The summed E-state index contributed by atoms with van der Waals surface area (Å²) in [6, 6.07) is 16.9. The van der Waals surface area contributed by atoms with Gasteiger partial charge in [-0.05, 0) is 46.2 Å². The topological polar surface area (TPSA) is 66.4 Å². The molecular formula is C18H18INO3. The fourth-order valence-electron chi connectivity index (χ4n) is 2.46. The summed E-state index contributed by atoms with van der Waals surface area (Å²) in [5.74, 6) is -2.07. The number of carboxylic acids is 1. The Labute approximate surface area is 149 Å². The summed E-state index contributed by atoms with van der Waals surface area (Å²) in [6.07, 6.45) is -0.203. The Hall–Kier alpha value is -1.89. The molecule has 0 aliphatic carbocycles. The van der Waals surface area contributed by atoms with Gasteiger partial charge in [-0.1, -0.05) is 49.4 Å². The van der Waals surface area contributed by atoms with Crippen LogP contribution >= 0.6 is 22.6 Å². The van der Waals surface area contributed by atoms with Crippen molar-refractivity contribution >= 4 is 40.2 Å². The smallest absolute Gasteiger partial charge is 0.304 e. The molecule has 0 bridgehead atoms. The molecule has 0 spiro atoms. The first kappa shape index (κ1) is 17.5. The van der Waals surface area contributed by atoms with E-state index < -0.39 is 11.9 Å². The van der Waals surface area contributed by atoms with Crippen LogP contribution in [0.3, 0.4) is 0 Å². The number of carbonyl (C=O) groups is 2. The van der Waals surface area contributed by atoms with Crippen molar-refractivity contribution in [2.24, 2.45) is 5.92 Å². The summed E-state index contributed by atoms with van der Waals surface area (Å²) >= 11 is 2.14. The summed E-state index contributed by atoms with van der Waals surface area (Å²) in [4.78, 5) is 23.8. The second kappa shape index (κ2) is 8.10. The van der Waals surface area contributed by atoms with E-state index in [9.17, 15) is 9.59 Å². The lowest BCUT2D eigenvalue weighted by Crippen LogP contribution is -2.29. The summed E-state index contributed by atoms with van der Waals surface area (Å²) < 4.78 is 0.917. The van der Waals surface area contributed by atoms with Crippen molar-refractivity contribution in [1.82, 2.24) is 0 Å². The average molecular weight is 423 g/mol. The molecule has 0 heterocycles. The summed E-state index contributed by atoms with van der Waals surface area (Å²) in [6.45, 7) is 1.89. The highest BCUT2D eigenvalue weighted by Crippen LogP contribution is 2.29. The van der Waals surface area contributed by atoms with Gasteiger partial charge in [0.25, 0.3) is 0 Å². The molecular weight excluding hydrogens is 405 g/mol. The van der Waals surface area contributed by atoms with Crippen LogP contribution in [0.15, 0.2) is 54.6 Å². The quantitative estimate of drug-likeness (QED) is 0.687. The zero-order chi connectivity index (χ0) is 16.8. The molecule has 120 valence electrons. The van der Waals surface area contributed by atoms with E-state index in [0.29, 0.717) is 5.69 Å². The SMILES string of the molecule is CC(c1ccccc1)C(CC(=O)O)C(=O)Nc1ccccc1I. The van der Waals surface area contributed by atoms with E-state index in [4.69, 9.17) is 5.11 Å². The lowest BCUT2D eigenvalue weighted by molar-refractivity contribution is -0.140. The van der Waals surface area contributed by atoms with Crippen molar-refractivity contribution in [2.45, 2.75) is 19.3 Å². The fourth-order valence-corrected chi connectivity index (χ4v) is 2.98. The fraction of sp³-hybridized carbons (Fsp3) is 0.222. The van der Waals surface area contributed by atoms with E-state index in [1.807, 2.05) is 61.5 Å². The van der Waals surface area contributed by atoms with Crippen LogP contribution in [0.2, 0.25) is 0 Å². The Kier molecular flexibility index (Phi) is 6.15. The van der Waals surface area contributed by atoms with Crippen molar-refractivity contribution < 1.29 is 14.7 Å². The maximum absolute atomic E-state index is 12.6. The molecule has 0 radical (unpaired) electrons. The summed E-state index contributed by atoms with van der Waals surface area (Å²) in [5.41, 5.74) is 1.66. The van der Waals surface area contributed by atoms with E-state index in [-0.39, 0.29) is 18.2 Å². The molecule has 4 nitrogen and oxygen atoms in total. The highest BCUT2D eigenvalue weighted by Gasteiger charge is 2.29. The van der Waals surface area contributed by atoms with Crippen LogP contribution in [0.5, 0.6) is 0 Å². The number of aliphatic carboxylic acids is 1. The molecule has 2 atom stereocenters. The Bertz CT molecular complexity index is 688. The molecule has 23 heavy (non-hydrogen) atoms. The molecule has 0 fully saturated rings. The number of para-hydroxylation sites is 1. The molecule has 5 heteroatoms. The van der Waals surface area contributed by atoms with Gasteiger partial charge in [-0.25, -0.2) is 0 Å². The Morgan fingerprint density at radius 2 is 1.70 bits per heavy atom. The molecule has 2 unspecified atom stereocenters. The van der Waals surface area contributed by atoms with Crippen LogP contribution in [0.25, 0.3) is 0 Å². The largest absolute Gasteiger partial charge is 0.481 e. The van der Waals surface area contributed by atoms with E-state index in [2.05, 4.69) is 27.9 Å². The van der Waals surface area contributed by atoms with Gasteiger partial charge in [0.1, 0.15) is 0 Å². The lowest BCUT2D eigenvalue weighted by Gasteiger charge is -2.22. The molecule has 2 aromatic rings. The number of carbonyl (C=O) groups excluding carboxylic acids is 1. The minimum Gasteiger partial charge on any atom is -0.481 e. The predicted octanol–water partition coefficient (Wildman–Crippen LogP) is 4.12. The maximum Gasteiger partial charge on any atom is 0.304 e. The molecule has 0 aliphatic heterocycles. The number of anilines is 1. The van der Waals surface area contributed by atoms with Crippen molar-refractivity contribution in [3.63, 3.8) is 0 Å². The number of hydrogen-bond donors (Lipinski definition) is 2. The first-order valence-electron chi connectivity index (χ1n) is 7.31. The van der Waals surface area contributed by atoms with Crippen LogP contribution in [-0.2, 0) is 9.59 Å². The van der Waals surface area contributed by atoms with Crippen LogP contribution in [0.4, 0.5) is 5.69 Å². The first-order valence-corrected chi connectivity index (χ1v) is 8.39. The highest BCUT2D eigenvalue weighted by molar-refractivity contribution is 14.1. The van der Waals surface area contributed by atoms with Gasteiger partial charge in [0, 0.05) is 3.57 Å². The zero-order valence-electron chi connectivity index (χ0n) is 12.7. The standard InChI is InChI=1S/C18H18INO3/c1-12(13-7-3-2-4-8-13)14(11-17(21)22)18(23)20-16-10-6-5-9-15(16)19/h2-10,12,14H,11H2,1H3,(H,20,23)(H,21,22). The Morgan fingerprint density at radius 1 is 1.09 bits per heavy atom. The predicted molar refractivity (Wildman–Crippen MR) is 98.4 cm³/mol. The van der Waals surface area contributed by atoms with E-state index >= 15 is 0 Å². The first-order chi connectivity index (χ1) is 11.0. The van der Waals surface area contributed by atoms with Crippen molar-refractivity contribution in [3.05, 3.63) is 63.7 Å². The number of amides is 1. The van der Waals surface area contributed by atoms with Crippen LogP contribution in [-0.4, -0.2) is 17.0 Å². The molecule has 0 aliphatic rings. The van der Waals surface area contributed by atoms with Gasteiger partial charge in [0.2, 0.25) is 5.91 Å². The van der Waals surface area contributed by atoms with E-state index in [1.165, 1.54) is 0 Å². The molecule has 2 aromatic carbocycles. The molecule has 2 N–H and O–H groups in total. The third-order valence-corrected chi connectivity index (χ3v) is 4.73. The minimum absolute atomic E-state index is 0.186. The second-order valence-corrected chi connectivity index (χ2v) is 6.54. The van der Waals surface area contributed by atoms with Crippen LogP contribution in [0, 0.1) is 9.49 Å². The van der Waals surface area contributed by atoms with Gasteiger partial charge < -0.3 is 10.4 Å². The zero-order valence-corrected chi connectivity index (χ0v) is 14.9. The molecule has 1 amide bonds. The van der Waals surface area contributed by atoms with Gasteiger partial charge in [-0.3, -0.25) is 9.59 Å².